The predicted octanol–water partition coefficient (Wildman–Crippen LogP) is -5.42. The molecule has 170 valence electrons. The molecule has 0 fully saturated rings. The molecule has 0 heterocycles. The fourth-order valence-electron chi connectivity index (χ4n) is 2.05. The lowest BCUT2D eigenvalue weighted by Crippen LogP contribution is -2.59. The zero-order chi connectivity index (χ0) is 23.4. The van der Waals surface area contributed by atoms with Crippen LogP contribution in [0.4, 0.5) is 0 Å². The summed E-state index contributed by atoms with van der Waals surface area (Å²) in [4.78, 5) is 68.5. The topological polar surface area (TPSA) is 271 Å². The zero-order valence-electron chi connectivity index (χ0n) is 15.7. The molecule has 0 saturated heterocycles. The van der Waals surface area contributed by atoms with Crippen LogP contribution in [-0.2, 0) is 28.8 Å². The fraction of sp³-hybridized carbons (Fsp3) is 0.600. The van der Waals surface area contributed by atoms with Gasteiger partial charge in [-0.15, -0.1) is 0 Å². The lowest BCUT2D eigenvalue weighted by atomic mass is 10.1. The standard InChI is InChI=1S/C15H25N5O10/c16-6(3-10(17)23)12(26)19-8(4-21)14(28)20-9(5-22)13(27)18-7(15(29)30)1-2-11(24)25/h6-9,21-22H,1-5,16H2,(H2,17,23)(H,18,27)(H,19,26)(H,20,28)(H,24,25)(H,29,30). The predicted molar refractivity (Wildman–Crippen MR) is 96.3 cm³/mol. The van der Waals surface area contributed by atoms with Crippen LogP contribution in [0.3, 0.4) is 0 Å². The number of carbonyl (C=O) groups excluding carboxylic acids is 4. The molecular weight excluding hydrogens is 410 g/mol. The van der Waals surface area contributed by atoms with Crippen LogP contribution < -0.4 is 27.4 Å². The van der Waals surface area contributed by atoms with E-state index in [0.717, 1.165) is 0 Å². The Labute approximate surface area is 169 Å². The first kappa shape index (κ1) is 26.7. The lowest BCUT2D eigenvalue weighted by molar-refractivity contribution is -0.143. The first-order valence-corrected chi connectivity index (χ1v) is 8.54. The molecular formula is C15H25N5O10. The second kappa shape index (κ2) is 13.0. The van der Waals surface area contributed by atoms with Gasteiger partial charge >= 0.3 is 11.9 Å². The molecule has 0 aromatic rings. The van der Waals surface area contributed by atoms with Crippen molar-refractivity contribution < 1.29 is 49.2 Å². The van der Waals surface area contributed by atoms with E-state index in [9.17, 15) is 39.0 Å². The average Bonchev–Trinajstić information content (AvgIpc) is 2.65. The summed E-state index contributed by atoms with van der Waals surface area (Å²) in [5, 5.41) is 42.2. The lowest BCUT2D eigenvalue weighted by Gasteiger charge is -2.23. The van der Waals surface area contributed by atoms with Gasteiger partial charge in [0.15, 0.2) is 0 Å². The van der Waals surface area contributed by atoms with Crippen molar-refractivity contribution in [2.24, 2.45) is 11.5 Å². The number of hydrogen-bond donors (Lipinski definition) is 9. The zero-order valence-corrected chi connectivity index (χ0v) is 15.7. The Balaban J connectivity index is 5.00. The number of aliphatic hydroxyl groups is 2. The van der Waals surface area contributed by atoms with Crippen molar-refractivity contribution in [3.8, 4) is 0 Å². The molecule has 15 nitrogen and oxygen atoms in total. The molecule has 0 spiro atoms. The molecule has 30 heavy (non-hydrogen) atoms. The van der Waals surface area contributed by atoms with Gasteiger partial charge in [-0.3, -0.25) is 24.0 Å². The largest absolute Gasteiger partial charge is 0.481 e. The van der Waals surface area contributed by atoms with Gasteiger partial charge in [0.1, 0.15) is 18.1 Å². The summed E-state index contributed by atoms with van der Waals surface area (Å²) in [5.41, 5.74) is 10.3. The van der Waals surface area contributed by atoms with Gasteiger partial charge in [-0.2, -0.15) is 0 Å². The van der Waals surface area contributed by atoms with Gasteiger partial charge in [0.05, 0.1) is 25.7 Å². The number of carboxylic acid groups (broad SMARTS) is 2. The maximum absolute atomic E-state index is 12.2. The van der Waals surface area contributed by atoms with E-state index in [2.05, 4.69) is 0 Å². The molecule has 11 N–H and O–H groups in total. The number of carbonyl (C=O) groups is 6. The van der Waals surface area contributed by atoms with Crippen LogP contribution in [0.5, 0.6) is 0 Å². The molecule has 4 atom stereocenters. The second-order valence-electron chi connectivity index (χ2n) is 6.10. The van der Waals surface area contributed by atoms with Gasteiger partial charge < -0.3 is 47.8 Å². The van der Waals surface area contributed by atoms with E-state index in [1.807, 2.05) is 16.0 Å². The van der Waals surface area contributed by atoms with Gasteiger partial charge in [0, 0.05) is 6.42 Å². The molecule has 0 aliphatic carbocycles. The summed E-state index contributed by atoms with van der Waals surface area (Å²) in [5.74, 6) is -6.96. The summed E-state index contributed by atoms with van der Waals surface area (Å²) in [7, 11) is 0. The van der Waals surface area contributed by atoms with E-state index in [0.29, 0.717) is 0 Å². The van der Waals surface area contributed by atoms with Crippen LogP contribution in [0.25, 0.3) is 0 Å². The van der Waals surface area contributed by atoms with Crippen molar-refractivity contribution in [3.63, 3.8) is 0 Å². The van der Waals surface area contributed by atoms with Gasteiger partial charge in [-0.05, 0) is 6.42 Å². The maximum Gasteiger partial charge on any atom is 0.326 e. The molecule has 4 unspecified atom stereocenters. The molecule has 0 aliphatic heterocycles. The van der Waals surface area contributed by atoms with Crippen molar-refractivity contribution in [1.29, 1.82) is 0 Å². The van der Waals surface area contributed by atoms with Crippen molar-refractivity contribution in [1.82, 2.24) is 16.0 Å². The average molecular weight is 435 g/mol. The Hall–Kier alpha value is -3.30. The van der Waals surface area contributed by atoms with Gasteiger partial charge in [-0.25, -0.2) is 4.79 Å². The van der Waals surface area contributed by atoms with Crippen LogP contribution in [0.1, 0.15) is 19.3 Å². The Morgan fingerprint density at radius 3 is 1.57 bits per heavy atom. The van der Waals surface area contributed by atoms with E-state index >= 15 is 0 Å². The Morgan fingerprint density at radius 1 is 0.767 bits per heavy atom. The highest BCUT2D eigenvalue weighted by molar-refractivity contribution is 5.95. The number of rotatable bonds is 14. The van der Waals surface area contributed by atoms with Gasteiger partial charge in [-0.1, -0.05) is 0 Å². The van der Waals surface area contributed by atoms with Gasteiger partial charge in [0.2, 0.25) is 23.6 Å². The third-order valence-corrected chi connectivity index (χ3v) is 3.65. The third-order valence-electron chi connectivity index (χ3n) is 3.65. The number of carboxylic acids is 2. The van der Waals surface area contributed by atoms with E-state index in [-0.39, 0.29) is 0 Å². The molecule has 0 aliphatic rings. The minimum Gasteiger partial charge on any atom is -0.481 e. The van der Waals surface area contributed by atoms with Crippen molar-refractivity contribution in [2.45, 2.75) is 43.4 Å². The normalized spacial score (nSPS) is 14.5. The number of nitrogens with one attached hydrogen (secondary N) is 3. The Morgan fingerprint density at radius 2 is 1.20 bits per heavy atom. The quantitative estimate of drug-likeness (QED) is 0.124. The smallest absolute Gasteiger partial charge is 0.326 e. The van der Waals surface area contributed by atoms with Crippen molar-refractivity contribution in [2.75, 3.05) is 13.2 Å². The highest BCUT2D eigenvalue weighted by Crippen LogP contribution is 2.00. The summed E-state index contributed by atoms with van der Waals surface area (Å²) in [6, 6.07) is -6.28. The highest BCUT2D eigenvalue weighted by atomic mass is 16.4. The summed E-state index contributed by atoms with van der Waals surface area (Å²) in [6.07, 6.45) is -1.53. The molecule has 4 amide bonds. The molecule has 0 radical (unpaired) electrons. The number of aliphatic hydroxyl groups excluding tert-OH is 2. The molecule has 0 aromatic carbocycles. The van der Waals surface area contributed by atoms with Crippen LogP contribution in [0.2, 0.25) is 0 Å². The molecule has 0 aromatic heterocycles. The minimum atomic E-state index is -1.67. The summed E-state index contributed by atoms with van der Waals surface area (Å²) < 4.78 is 0. The maximum atomic E-state index is 12.2. The van der Waals surface area contributed by atoms with Crippen molar-refractivity contribution in [3.05, 3.63) is 0 Å². The first-order chi connectivity index (χ1) is 13.9. The molecule has 0 saturated carbocycles. The molecule has 0 rings (SSSR count). The minimum absolute atomic E-state index is 0.449. The third kappa shape index (κ3) is 9.76. The van der Waals surface area contributed by atoms with Crippen LogP contribution in [0, 0.1) is 0 Å². The van der Waals surface area contributed by atoms with E-state index < -0.39 is 92.2 Å². The molecule has 15 heteroatoms. The summed E-state index contributed by atoms with van der Waals surface area (Å²) >= 11 is 0. The molecule has 0 bridgehead atoms. The van der Waals surface area contributed by atoms with E-state index in [1.165, 1.54) is 0 Å². The number of hydrogen-bond acceptors (Lipinski definition) is 9. The summed E-state index contributed by atoms with van der Waals surface area (Å²) in [6.45, 7) is -1.91. The number of nitrogens with two attached hydrogens (primary N) is 2. The highest BCUT2D eigenvalue weighted by Gasteiger charge is 2.30. The Bertz CT molecular complexity index is 670. The van der Waals surface area contributed by atoms with E-state index in [1.54, 1.807) is 0 Å². The first-order valence-electron chi connectivity index (χ1n) is 8.54. The van der Waals surface area contributed by atoms with Crippen molar-refractivity contribution >= 4 is 35.6 Å². The Kier molecular flexibility index (Phi) is 11.6. The van der Waals surface area contributed by atoms with Crippen LogP contribution >= 0.6 is 0 Å². The fourth-order valence-corrected chi connectivity index (χ4v) is 2.05. The van der Waals surface area contributed by atoms with Crippen LogP contribution in [0.15, 0.2) is 0 Å². The van der Waals surface area contributed by atoms with Crippen LogP contribution in [-0.4, -0.2) is 93.4 Å². The number of amides is 4. The number of aliphatic carboxylic acids is 2. The van der Waals surface area contributed by atoms with Gasteiger partial charge in [0.25, 0.3) is 0 Å². The SMILES string of the molecule is NC(=O)CC(N)C(=O)NC(CO)C(=O)NC(CO)C(=O)NC(CCC(=O)O)C(=O)O. The number of primary amides is 1. The van der Waals surface area contributed by atoms with E-state index in [4.69, 9.17) is 21.7 Å². The monoisotopic (exact) mass is 435 g/mol. The second-order valence-corrected chi connectivity index (χ2v) is 6.10.